The Hall–Kier alpha value is -1.89. The number of carbonyl (C=O) groups excluding carboxylic acids is 1. The molecule has 2 rings (SSSR count). The van der Waals surface area contributed by atoms with Gasteiger partial charge in [0.05, 0.1) is 5.56 Å². The molecule has 0 bridgehead atoms. The molecular formula is C11H7F3N2OS. The first-order chi connectivity index (χ1) is 8.36. The van der Waals surface area contributed by atoms with Gasteiger partial charge in [0.15, 0.2) is 5.11 Å². The Balaban J connectivity index is 2.33. The molecule has 2 N–H and O–H groups in total. The van der Waals surface area contributed by atoms with Gasteiger partial charge in [-0.1, -0.05) is 12.1 Å². The van der Waals surface area contributed by atoms with Crippen LogP contribution in [0, 0.1) is 0 Å². The van der Waals surface area contributed by atoms with Crippen LogP contribution in [0.4, 0.5) is 13.2 Å². The van der Waals surface area contributed by atoms with E-state index in [0.717, 1.165) is 12.1 Å². The first kappa shape index (κ1) is 12.6. The smallest absolute Gasteiger partial charge is 0.328 e. The summed E-state index contributed by atoms with van der Waals surface area (Å²) in [5.41, 5.74) is -0.371. The van der Waals surface area contributed by atoms with Crippen molar-refractivity contribution in [3.8, 4) is 0 Å². The number of amides is 1. The molecule has 18 heavy (non-hydrogen) atoms. The summed E-state index contributed by atoms with van der Waals surface area (Å²) in [5.74, 6) is -0.461. The van der Waals surface area contributed by atoms with Gasteiger partial charge in [0.1, 0.15) is 5.70 Å². The van der Waals surface area contributed by atoms with E-state index >= 15 is 0 Å². The Morgan fingerprint density at radius 3 is 2.50 bits per heavy atom. The number of carbonyl (C=O) groups is 1. The number of hydrogen-bond acceptors (Lipinski definition) is 2. The van der Waals surface area contributed by atoms with Gasteiger partial charge < -0.3 is 5.32 Å². The third kappa shape index (κ3) is 2.67. The Kier molecular flexibility index (Phi) is 3.08. The lowest BCUT2D eigenvalue weighted by molar-refractivity contribution is -0.137. The summed E-state index contributed by atoms with van der Waals surface area (Å²) >= 11 is 4.71. The molecule has 3 nitrogen and oxygen atoms in total. The van der Waals surface area contributed by atoms with E-state index in [9.17, 15) is 18.0 Å². The molecular weight excluding hydrogens is 265 g/mol. The number of rotatable bonds is 1. The fraction of sp³-hybridized carbons (Fsp3) is 0.0909. The van der Waals surface area contributed by atoms with Crippen molar-refractivity contribution in [1.29, 1.82) is 0 Å². The number of alkyl halides is 3. The van der Waals surface area contributed by atoms with Crippen LogP contribution in [-0.4, -0.2) is 11.0 Å². The summed E-state index contributed by atoms with van der Waals surface area (Å²) in [6.07, 6.45) is -3.10. The average Bonchev–Trinajstić information content (AvgIpc) is 2.56. The maximum Gasteiger partial charge on any atom is 0.416 e. The lowest BCUT2D eigenvalue weighted by Gasteiger charge is -2.06. The molecule has 1 amide bonds. The van der Waals surface area contributed by atoms with Crippen LogP contribution in [0.25, 0.3) is 6.08 Å². The first-order valence-electron chi connectivity index (χ1n) is 4.87. The zero-order valence-electron chi connectivity index (χ0n) is 8.84. The lowest BCUT2D eigenvalue weighted by Crippen LogP contribution is -2.21. The molecule has 0 aliphatic carbocycles. The Morgan fingerprint density at radius 1 is 1.22 bits per heavy atom. The van der Waals surface area contributed by atoms with E-state index < -0.39 is 17.6 Å². The van der Waals surface area contributed by atoms with Crippen LogP contribution in [-0.2, 0) is 11.0 Å². The molecule has 1 saturated heterocycles. The largest absolute Gasteiger partial charge is 0.416 e. The number of benzene rings is 1. The Bertz CT molecular complexity index is 551. The van der Waals surface area contributed by atoms with Crippen molar-refractivity contribution < 1.29 is 18.0 Å². The number of hydrogen-bond donors (Lipinski definition) is 2. The maximum absolute atomic E-state index is 12.5. The van der Waals surface area contributed by atoms with Gasteiger partial charge in [0.25, 0.3) is 5.91 Å². The van der Waals surface area contributed by atoms with Crippen molar-refractivity contribution in [2.24, 2.45) is 0 Å². The minimum absolute atomic E-state index is 0.124. The standard InChI is InChI=1S/C11H7F3N2OS/c12-11(13,14)7-3-1-2-6(4-7)5-8-9(17)16-10(18)15-8/h1-5H,(H2,15,16,17,18)/b8-5-. The van der Waals surface area contributed by atoms with E-state index in [0.29, 0.717) is 0 Å². The fourth-order valence-electron chi connectivity index (χ4n) is 1.45. The molecule has 1 aromatic rings. The molecule has 94 valence electrons. The number of halogens is 3. The van der Waals surface area contributed by atoms with E-state index in [1.54, 1.807) is 0 Å². The minimum atomic E-state index is -4.41. The van der Waals surface area contributed by atoms with E-state index in [1.807, 2.05) is 0 Å². The maximum atomic E-state index is 12.5. The SMILES string of the molecule is O=C1NC(=S)N/C1=C\c1cccc(C(F)(F)F)c1. The topological polar surface area (TPSA) is 41.1 Å². The quantitative estimate of drug-likeness (QED) is 0.607. The predicted molar refractivity (Wildman–Crippen MR) is 63.3 cm³/mol. The van der Waals surface area contributed by atoms with Crippen LogP contribution in [0.1, 0.15) is 11.1 Å². The van der Waals surface area contributed by atoms with Crippen molar-refractivity contribution in [1.82, 2.24) is 10.6 Å². The van der Waals surface area contributed by atoms with Crippen LogP contribution >= 0.6 is 12.2 Å². The summed E-state index contributed by atoms with van der Waals surface area (Å²) in [5, 5.41) is 5.02. The van der Waals surface area contributed by atoms with Crippen molar-refractivity contribution >= 4 is 29.3 Å². The van der Waals surface area contributed by atoms with Crippen molar-refractivity contribution in [3.63, 3.8) is 0 Å². The summed E-state index contributed by atoms with van der Waals surface area (Å²) in [4.78, 5) is 11.3. The van der Waals surface area contributed by atoms with Gasteiger partial charge in [-0.05, 0) is 36.0 Å². The fourth-order valence-corrected chi connectivity index (χ4v) is 1.66. The summed E-state index contributed by atoms with van der Waals surface area (Å²) in [6, 6.07) is 4.68. The highest BCUT2D eigenvalue weighted by Crippen LogP contribution is 2.29. The van der Waals surface area contributed by atoms with Gasteiger partial charge in [0, 0.05) is 0 Å². The summed E-state index contributed by atoms with van der Waals surface area (Å²) in [7, 11) is 0. The third-order valence-electron chi connectivity index (χ3n) is 2.24. The van der Waals surface area contributed by atoms with E-state index in [1.165, 1.54) is 18.2 Å². The van der Waals surface area contributed by atoms with E-state index in [4.69, 9.17) is 12.2 Å². The van der Waals surface area contributed by atoms with Gasteiger partial charge >= 0.3 is 6.18 Å². The van der Waals surface area contributed by atoms with Crippen molar-refractivity contribution in [2.75, 3.05) is 0 Å². The number of thiocarbonyl (C=S) groups is 1. The van der Waals surface area contributed by atoms with Gasteiger partial charge in [0.2, 0.25) is 0 Å². The van der Waals surface area contributed by atoms with E-state index in [-0.39, 0.29) is 16.4 Å². The number of nitrogens with one attached hydrogen (secondary N) is 2. The summed E-state index contributed by atoms with van der Waals surface area (Å²) in [6.45, 7) is 0. The Morgan fingerprint density at radius 2 is 1.94 bits per heavy atom. The molecule has 7 heteroatoms. The van der Waals surface area contributed by atoms with Gasteiger partial charge in [-0.2, -0.15) is 13.2 Å². The second-order valence-corrected chi connectivity index (χ2v) is 4.00. The molecule has 0 radical (unpaired) electrons. The highest BCUT2D eigenvalue weighted by molar-refractivity contribution is 7.80. The zero-order chi connectivity index (χ0) is 13.3. The molecule has 1 aromatic carbocycles. The predicted octanol–water partition coefficient (Wildman–Crippen LogP) is 2.05. The molecule has 0 spiro atoms. The molecule has 1 heterocycles. The molecule has 0 aromatic heterocycles. The Labute approximate surface area is 106 Å². The first-order valence-corrected chi connectivity index (χ1v) is 5.28. The zero-order valence-corrected chi connectivity index (χ0v) is 9.65. The van der Waals surface area contributed by atoms with Crippen LogP contribution in [0.5, 0.6) is 0 Å². The van der Waals surface area contributed by atoms with Gasteiger partial charge in [-0.15, -0.1) is 0 Å². The van der Waals surface area contributed by atoms with E-state index in [2.05, 4.69) is 10.6 Å². The molecule has 1 aliphatic rings. The van der Waals surface area contributed by atoms with Crippen molar-refractivity contribution in [2.45, 2.75) is 6.18 Å². The average molecular weight is 272 g/mol. The third-order valence-corrected chi connectivity index (χ3v) is 2.45. The second-order valence-electron chi connectivity index (χ2n) is 3.59. The second kappa shape index (κ2) is 4.41. The van der Waals surface area contributed by atoms with Crippen LogP contribution in [0.3, 0.4) is 0 Å². The molecule has 1 aliphatic heterocycles. The van der Waals surface area contributed by atoms with Crippen molar-refractivity contribution in [3.05, 3.63) is 41.1 Å². The highest BCUT2D eigenvalue weighted by atomic mass is 32.1. The monoisotopic (exact) mass is 272 g/mol. The summed E-state index contributed by atoms with van der Waals surface area (Å²) < 4.78 is 37.5. The van der Waals surface area contributed by atoms with Crippen LogP contribution < -0.4 is 10.6 Å². The molecule has 1 fully saturated rings. The molecule has 0 saturated carbocycles. The van der Waals surface area contributed by atoms with Gasteiger partial charge in [-0.25, -0.2) is 0 Å². The van der Waals surface area contributed by atoms with Crippen LogP contribution in [0.2, 0.25) is 0 Å². The molecule has 0 unspecified atom stereocenters. The highest BCUT2D eigenvalue weighted by Gasteiger charge is 2.30. The normalized spacial score (nSPS) is 17.8. The lowest BCUT2D eigenvalue weighted by atomic mass is 10.1. The minimum Gasteiger partial charge on any atom is -0.328 e. The van der Waals surface area contributed by atoms with Gasteiger partial charge in [-0.3, -0.25) is 10.1 Å². The van der Waals surface area contributed by atoms with Crippen LogP contribution in [0.15, 0.2) is 30.0 Å². The molecule has 0 atom stereocenters.